The number of aromatic nitrogens is 2. The maximum atomic E-state index is 12.9. The van der Waals surface area contributed by atoms with E-state index in [1.54, 1.807) is 0 Å². The number of rotatable bonds is 7. The zero-order valence-corrected chi connectivity index (χ0v) is 17.0. The third-order valence-electron chi connectivity index (χ3n) is 4.52. The minimum atomic E-state index is -2.60. The van der Waals surface area contributed by atoms with E-state index in [0.29, 0.717) is 12.5 Å². The lowest BCUT2D eigenvalue weighted by molar-refractivity contribution is 0.0671. The third-order valence-corrected chi connectivity index (χ3v) is 4.52. The van der Waals surface area contributed by atoms with Crippen LogP contribution in [-0.2, 0) is 12.0 Å². The molecule has 0 saturated heterocycles. The molecular formula is C18H24F2IN5. The van der Waals surface area contributed by atoms with Gasteiger partial charge in [-0.05, 0) is 25.3 Å². The summed E-state index contributed by atoms with van der Waals surface area (Å²) in [5.41, 5.74) is 1.48. The quantitative estimate of drug-likeness (QED) is 0.365. The molecule has 1 aliphatic carbocycles. The molecule has 0 bridgehead atoms. The zero-order chi connectivity index (χ0) is 17.7. The molecule has 3 rings (SSSR count). The smallest absolute Gasteiger partial charge is 0.319 e. The van der Waals surface area contributed by atoms with Crippen LogP contribution >= 0.6 is 24.0 Å². The average molecular weight is 475 g/mol. The van der Waals surface area contributed by atoms with Crippen LogP contribution in [0.5, 0.6) is 0 Å². The van der Waals surface area contributed by atoms with Crippen LogP contribution in [0.1, 0.15) is 37.7 Å². The van der Waals surface area contributed by atoms with Gasteiger partial charge in [0, 0.05) is 30.9 Å². The molecule has 0 atom stereocenters. The number of nitrogens with one attached hydrogen (secondary N) is 2. The molecule has 2 aromatic rings. The van der Waals surface area contributed by atoms with Crippen molar-refractivity contribution in [1.82, 2.24) is 20.2 Å². The summed E-state index contributed by atoms with van der Waals surface area (Å²) in [6.07, 6.45) is 4.91. The predicted octanol–water partition coefficient (Wildman–Crippen LogP) is 3.68. The van der Waals surface area contributed by atoms with Crippen molar-refractivity contribution < 1.29 is 8.78 Å². The van der Waals surface area contributed by atoms with E-state index in [0.717, 1.165) is 24.0 Å². The number of alkyl halides is 2. The van der Waals surface area contributed by atoms with Crippen LogP contribution in [0.25, 0.3) is 0 Å². The molecule has 0 amide bonds. The maximum absolute atomic E-state index is 12.9. The molecule has 0 aliphatic heterocycles. The zero-order valence-electron chi connectivity index (χ0n) is 14.7. The molecule has 142 valence electrons. The first-order chi connectivity index (χ1) is 12.1. The Morgan fingerprint density at radius 2 is 2.00 bits per heavy atom. The molecule has 0 radical (unpaired) electrons. The fourth-order valence-electron chi connectivity index (χ4n) is 2.90. The average Bonchev–Trinajstić information content (AvgIpc) is 3.27. The number of nitrogens with zero attached hydrogens (tertiary/aromatic N) is 3. The Labute approximate surface area is 169 Å². The van der Waals surface area contributed by atoms with Gasteiger partial charge >= 0.3 is 6.55 Å². The second kappa shape index (κ2) is 9.29. The van der Waals surface area contributed by atoms with Crippen molar-refractivity contribution in [2.24, 2.45) is 4.99 Å². The number of halogens is 3. The Morgan fingerprint density at radius 3 is 2.62 bits per heavy atom. The Balaban J connectivity index is 0.00000243. The van der Waals surface area contributed by atoms with Gasteiger partial charge in [-0.3, -0.25) is 4.57 Å². The first kappa shape index (κ1) is 20.6. The topological polar surface area (TPSA) is 54.2 Å². The number of aliphatic imine (C=N–C) groups is 1. The second-order valence-corrected chi connectivity index (χ2v) is 6.22. The molecule has 2 N–H and O–H groups in total. The molecular weight excluding hydrogens is 451 g/mol. The highest BCUT2D eigenvalue weighted by molar-refractivity contribution is 14.0. The normalized spacial score (nSPS) is 15.5. The van der Waals surface area contributed by atoms with Gasteiger partial charge < -0.3 is 10.6 Å². The van der Waals surface area contributed by atoms with Crippen LogP contribution in [-0.4, -0.2) is 28.6 Å². The van der Waals surface area contributed by atoms with Crippen LogP contribution < -0.4 is 10.6 Å². The van der Waals surface area contributed by atoms with Gasteiger partial charge in [0.15, 0.2) is 5.96 Å². The Hall–Kier alpha value is -1.71. The van der Waals surface area contributed by atoms with Crippen molar-refractivity contribution in [3.05, 3.63) is 54.1 Å². The first-order valence-electron chi connectivity index (χ1n) is 8.52. The minimum absolute atomic E-state index is 0. The first-order valence-corrected chi connectivity index (χ1v) is 8.52. The fourth-order valence-corrected chi connectivity index (χ4v) is 2.90. The molecule has 1 aliphatic rings. The molecule has 1 saturated carbocycles. The standard InChI is InChI=1S/C18H23F2N5.HI/c1-2-21-17(23-12-15-22-10-11-25(15)16(19)20)24-13-18(8-9-18)14-6-4-3-5-7-14;/h3-7,10-11,16H,2,8-9,12-13H2,1H3,(H2,21,23,24);1H. The maximum Gasteiger partial charge on any atom is 0.319 e. The van der Waals surface area contributed by atoms with E-state index in [1.165, 1.54) is 18.0 Å². The number of hydrogen-bond acceptors (Lipinski definition) is 2. The number of benzene rings is 1. The Bertz CT molecular complexity index is 713. The lowest BCUT2D eigenvalue weighted by atomic mass is 9.96. The van der Waals surface area contributed by atoms with E-state index in [9.17, 15) is 8.78 Å². The molecule has 1 aromatic heterocycles. The summed E-state index contributed by atoms with van der Waals surface area (Å²) in [7, 11) is 0. The summed E-state index contributed by atoms with van der Waals surface area (Å²) >= 11 is 0. The van der Waals surface area contributed by atoms with Crippen molar-refractivity contribution in [3.8, 4) is 0 Å². The van der Waals surface area contributed by atoms with Crippen LogP contribution in [0.3, 0.4) is 0 Å². The molecule has 8 heteroatoms. The van der Waals surface area contributed by atoms with Crippen molar-refractivity contribution in [3.63, 3.8) is 0 Å². The van der Waals surface area contributed by atoms with Crippen LogP contribution in [0, 0.1) is 0 Å². The summed E-state index contributed by atoms with van der Waals surface area (Å²) in [5.74, 6) is 0.866. The minimum Gasteiger partial charge on any atom is -0.357 e. The van der Waals surface area contributed by atoms with Crippen LogP contribution in [0.4, 0.5) is 8.78 Å². The van der Waals surface area contributed by atoms with Gasteiger partial charge in [-0.25, -0.2) is 9.98 Å². The summed E-state index contributed by atoms with van der Waals surface area (Å²) in [4.78, 5) is 8.36. The van der Waals surface area contributed by atoms with Crippen molar-refractivity contribution in [2.45, 2.75) is 38.3 Å². The Morgan fingerprint density at radius 1 is 1.27 bits per heavy atom. The van der Waals surface area contributed by atoms with E-state index >= 15 is 0 Å². The third kappa shape index (κ3) is 4.93. The number of hydrogen-bond donors (Lipinski definition) is 2. The molecule has 1 aromatic carbocycles. The van der Waals surface area contributed by atoms with Gasteiger partial charge in [0.2, 0.25) is 0 Å². The van der Waals surface area contributed by atoms with Gasteiger partial charge in [-0.1, -0.05) is 30.3 Å². The van der Waals surface area contributed by atoms with Gasteiger partial charge in [0.25, 0.3) is 0 Å². The monoisotopic (exact) mass is 475 g/mol. The van der Waals surface area contributed by atoms with Gasteiger partial charge in [-0.15, -0.1) is 24.0 Å². The molecule has 1 fully saturated rings. The van der Waals surface area contributed by atoms with Crippen LogP contribution in [0.2, 0.25) is 0 Å². The summed E-state index contributed by atoms with van der Waals surface area (Å²) in [5, 5.41) is 6.51. The number of imidazole rings is 1. The van der Waals surface area contributed by atoms with Crippen molar-refractivity contribution in [1.29, 1.82) is 0 Å². The van der Waals surface area contributed by atoms with Crippen molar-refractivity contribution in [2.75, 3.05) is 13.1 Å². The lowest BCUT2D eigenvalue weighted by Crippen LogP contribution is -2.41. The highest BCUT2D eigenvalue weighted by Crippen LogP contribution is 2.47. The molecule has 26 heavy (non-hydrogen) atoms. The van der Waals surface area contributed by atoms with Crippen molar-refractivity contribution >= 4 is 29.9 Å². The fraction of sp³-hybridized carbons (Fsp3) is 0.444. The number of guanidine groups is 1. The summed E-state index contributed by atoms with van der Waals surface area (Å²) < 4.78 is 26.6. The largest absolute Gasteiger partial charge is 0.357 e. The SMILES string of the molecule is CCNC(=NCc1nccn1C(F)F)NCC1(c2ccccc2)CC1.I. The second-order valence-electron chi connectivity index (χ2n) is 6.22. The van der Waals surface area contributed by atoms with E-state index in [-0.39, 0.29) is 41.8 Å². The van der Waals surface area contributed by atoms with E-state index in [2.05, 4.69) is 44.9 Å². The lowest BCUT2D eigenvalue weighted by Gasteiger charge is -2.19. The van der Waals surface area contributed by atoms with Gasteiger partial charge in [0.05, 0.1) is 0 Å². The highest BCUT2D eigenvalue weighted by atomic mass is 127. The summed E-state index contributed by atoms with van der Waals surface area (Å²) in [6, 6.07) is 10.4. The van der Waals surface area contributed by atoms with Crippen LogP contribution in [0.15, 0.2) is 47.7 Å². The predicted molar refractivity (Wildman–Crippen MR) is 109 cm³/mol. The summed E-state index contributed by atoms with van der Waals surface area (Å²) in [6.45, 7) is 0.947. The van der Waals surface area contributed by atoms with Gasteiger partial charge in [0.1, 0.15) is 12.4 Å². The molecule has 0 spiro atoms. The Kier molecular flexibility index (Phi) is 7.36. The van der Waals surface area contributed by atoms with E-state index in [1.807, 2.05) is 13.0 Å². The molecule has 1 heterocycles. The van der Waals surface area contributed by atoms with Gasteiger partial charge in [-0.2, -0.15) is 8.78 Å². The highest BCUT2D eigenvalue weighted by Gasteiger charge is 2.43. The van der Waals surface area contributed by atoms with E-state index < -0.39 is 6.55 Å². The molecule has 5 nitrogen and oxygen atoms in total. The molecule has 0 unspecified atom stereocenters. The van der Waals surface area contributed by atoms with E-state index in [4.69, 9.17) is 0 Å².